The number of anilines is 2. The zero-order valence-electron chi connectivity index (χ0n) is 21.8. The number of piperazine rings is 1. The Morgan fingerprint density at radius 1 is 1.08 bits per heavy atom. The number of aromatic nitrogens is 6. The number of rotatable bonds is 6. The van der Waals surface area contributed by atoms with Crippen molar-refractivity contribution in [2.45, 2.75) is 20.3 Å². The summed E-state index contributed by atoms with van der Waals surface area (Å²) in [6.45, 7) is 7.97. The summed E-state index contributed by atoms with van der Waals surface area (Å²) in [4.78, 5) is 34.4. The topological polar surface area (TPSA) is 119 Å². The molecule has 1 saturated heterocycles. The molecule has 0 spiro atoms. The summed E-state index contributed by atoms with van der Waals surface area (Å²) >= 11 is 0. The second-order valence-electron chi connectivity index (χ2n) is 10.3. The van der Waals surface area contributed by atoms with E-state index in [-0.39, 0.29) is 11.8 Å². The predicted octanol–water partition coefficient (Wildman–Crippen LogP) is 4.30. The monoisotopic (exact) mass is 509 g/mol. The van der Waals surface area contributed by atoms with Crippen LogP contribution in [0.3, 0.4) is 0 Å². The van der Waals surface area contributed by atoms with Crippen molar-refractivity contribution in [1.29, 1.82) is 0 Å². The molecular weight excluding hydrogens is 478 g/mol. The van der Waals surface area contributed by atoms with Gasteiger partial charge in [-0.15, -0.1) is 0 Å². The minimum Gasteiger partial charge on any atom is -0.353 e. The first-order valence-electron chi connectivity index (χ1n) is 13.0. The Morgan fingerprint density at radius 3 is 2.74 bits per heavy atom. The number of likely N-dealkylation sites (N-methyl/N-ethyl adjacent to an activating group) is 1. The molecule has 0 aromatic carbocycles. The van der Waals surface area contributed by atoms with E-state index in [0.29, 0.717) is 12.1 Å². The maximum Gasteiger partial charge on any atom is 0.224 e. The number of hydrogen-bond donors (Lipinski definition) is 3. The van der Waals surface area contributed by atoms with Crippen LogP contribution in [0, 0.1) is 5.92 Å². The van der Waals surface area contributed by atoms with E-state index in [1.165, 1.54) is 0 Å². The predicted molar refractivity (Wildman–Crippen MR) is 150 cm³/mol. The molecule has 1 aliphatic rings. The Bertz CT molecular complexity index is 1610. The fourth-order valence-corrected chi connectivity index (χ4v) is 4.92. The van der Waals surface area contributed by atoms with Gasteiger partial charge in [-0.25, -0.2) is 9.97 Å². The Hall–Kier alpha value is -4.31. The summed E-state index contributed by atoms with van der Waals surface area (Å²) in [5, 5.41) is 11.7. The Labute approximate surface area is 220 Å². The van der Waals surface area contributed by atoms with E-state index in [0.717, 1.165) is 76.6 Å². The van der Waals surface area contributed by atoms with Crippen molar-refractivity contribution in [2.75, 3.05) is 43.4 Å². The first-order chi connectivity index (χ1) is 18.4. The fourth-order valence-electron chi connectivity index (χ4n) is 4.92. The van der Waals surface area contributed by atoms with E-state index < -0.39 is 0 Å². The second-order valence-corrected chi connectivity index (χ2v) is 10.3. The minimum atomic E-state index is -0.0243. The number of amides is 1. The lowest BCUT2D eigenvalue weighted by Gasteiger charge is -2.33. The molecule has 0 bridgehead atoms. The average molecular weight is 510 g/mol. The molecule has 10 nitrogen and oxygen atoms in total. The van der Waals surface area contributed by atoms with Crippen LogP contribution in [0.2, 0.25) is 0 Å². The fraction of sp³-hybridized carbons (Fsp3) is 0.321. The van der Waals surface area contributed by atoms with Gasteiger partial charge in [-0.3, -0.25) is 14.9 Å². The number of aromatic amines is 2. The van der Waals surface area contributed by atoms with Crippen LogP contribution in [-0.2, 0) is 4.79 Å². The Balaban J connectivity index is 1.34. The highest BCUT2D eigenvalue weighted by atomic mass is 16.1. The molecule has 5 aromatic rings. The summed E-state index contributed by atoms with van der Waals surface area (Å²) in [5.74, 6) is 1.26. The maximum absolute atomic E-state index is 12.2. The van der Waals surface area contributed by atoms with Crippen molar-refractivity contribution >= 4 is 39.3 Å². The number of hydrogen-bond acceptors (Lipinski definition) is 7. The lowest BCUT2D eigenvalue weighted by atomic mass is 10.1. The van der Waals surface area contributed by atoms with E-state index >= 15 is 0 Å². The van der Waals surface area contributed by atoms with Gasteiger partial charge >= 0.3 is 0 Å². The normalized spacial score (nSPS) is 14.6. The largest absolute Gasteiger partial charge is 0.353 e. The van der Waals surface area contributed by atoms with Gasteiger partial charge in [-0.05, 0) is 43.3 Å². The molecule has 6 rings (SSSR count). The quantitative estimate of drug-likeness (QED) is 0.312. The molecule has 1 amide bonds. The van der Waals surface area contributed by atoms with Gasteiger partial charge < -0.3 is 20.1 Å². The molecule has 0 saturated carbocycles. The SMILES string of the molecule is CC(C)CC(=O)Nc1cncc(-c2ccc3[nH]nc(-c4cc5c(N6CCN(C)CC6)nccc5[nH]4)c3n2)c1. The van der Waals surface area contributed by atoms with Crippen LogP contribution >= 0.6 is 0 Å². The van der Waals surface area contributed by atoms with Gasteiger partial charge in [0.25, 0.3) is 0 Å². The van der Waals surface area contributed by atoms with E-state index in [1.54, 1.807) is 12.4 Å². The number of pyridine rings is 3. The highest BCUT2D eigenvalue weighted by Gasteiger charge is 2.20. The van der Waals surface area contributed by atoms with Crippen molar-refractivity contribution in [3.8, 4) is 22.6 Å². The van der Waals surface area contributed by atoms with Crippen LogP contribution in [0.15, 0.2) is 48.9 Å². The molecule has 0 aliphatic carbocycles. The highest BCUT2D eigenvalue weighted by Crippen LogP contribution is 2.33. The van der Waals surface area contributed by atoms with Gasteiger partial charge in [0.05, 0.1) is 34.3 Å². The van der Waals surface area contributed by atoms with Crippen LogP contribution in [-0.4, -0.2) is 74.2 Å². The third kappa shape index (κ3) is 4.70. The zero-order valence-corrected chi connectivity index (χ0v) is 21.8. The molecule has 1 fully saturated rings. The number of H-pyrrole nitrogens is 2. The van der Waals surface area contributed by atoms with Gasteiger partial charge in [0.2, 0.25) is 5.91 Å². The summed E-state index contributed by atoms with van der Waals surface area (Å²) in [6, 6.07) is 9.92. The first-order valence-corrected chi connectivity index (χ1v) is 13.0. The van der Waals surface area contributed by atoms with Crippen molar-refractivity contribution < 1.29 is 4.79 Å². The van der Waals surface area contributed by atoms with Gasteiger partial charge in [0.1, 0.15) is 17.0 Å². The van der Waals surface area contributed by atoms with Gasteiger partial charge in [0, 0.05) is 55.9 Å². The van der Waals surface area contributed by atoms with Crippen molar-refractivity contribution in [1.82, 2.24) is 35.0 Å². The number of carbonyl (C=O) groups is 1. The summed E-state index contributed by atoms with van der Waals surface area (Å²) in [7, 11) is 2.15. The molecule has 6 heterocycles. The third-order valence-electron chi connectivity index (χ3n) is 6.90. The van der Waals surface area contributed by atoms with Crippen LogP contribution in [0.5, 0.6) is 0 Å². The third-order valence-corrected chi connectivity index (χ3v) is 6.90. The van der Waals surface area contributed by atoms with E-state index in [1.807, 2.05) is 44.3 Å². The Morgan fingerprint density at radius 2 is 1.92 bits per heavy atom. The molecule has 0 atom stereocenters. The molecule has 194 valence electrons. The van der Waals surface area contributed by atoms with Crippen LogP contribution < -0.4 is 10.2 Å². The lowest BCUT2D eigenvalue weighted by Crippen LogP contribution is -2.44. The van der Waals surface area contributed by atoms with Gasteiger partial charge in [-0.1, -0.05) is 13.8 Å². The number of nitrogens with one attached hydrogen (secondary N) is 3. The molecule has 5 aromatic heterocycles. The van der Waals surface area contributed by atoms with Crippen LogP contribution in [0.4, 0.5) is 11.5 Å². The number of fused-ring (bicyclic) bond motifs is 2. The second kappa shape index (κ2) is 9.86. The molecule has 3 N–H and O–H groups in total. The number of nitrogens with zero attached hydrogens (tertiary/aromatic N) is 6. The summed E-state index contributed by atoms with van der Waals surface area (Å²) in [5.41, 5.74) is 6.48. The van der Waals surface area contributed by atoms with E-state index in [4.69, 9.17) is 9.97 Å². The van der Waals surface area contributed by atoms with Crippen molar-refractivity contribution in [3.05, 3.63) is 48.9 Å². The van der Waals surface area contributed by atoms with Gasteiger partial charge in [0.15, 0.2) is 0 Å². The Kier molecular flexibility index (Phi) is 6.24. The van der Waals surface area contributed by atoms with Crippen molar-refractivity contribution in [2.24, 2.45) is 5.92 Å². The standard InChI is InChI=1S/C28H31N9O/c1-17(2)12-25(38)31-19-13-18(15-29-16-19)21-4-5-23-26(33-21)27(35-34-23)24-14-20-22(32-24)6-7-30-28(20)37-10-8-36(3)9-11-37/h4-7,13-17,32H,8-12H2,1-3H3,(H,31,38)(H,34,35). The molecule has 1 aliphatic heterocycles. The summed E-state index contributed by atoms with van der Waals surface area (Å²) in [6.07, 6.45) is 5.72. The van der Waals surface area contributed by atoms with Gasteiger partial charge in [-0.2, -0.15) is 5.10 Å². The maximum atomic E-state index is 12.2. The molecule has 10 heteroatoms. The van der Waals surface area contributed by atoms with E-state index in [2.05, 4.69) is 48.4 Å². The minimum absolute atomic E-state index is 0.0243. The first kappa shape index (κ1) is 24.1. The lowest BCUT2D eigenvalue weighted by molar-refractivity contribution is -0.116. The summed E-state index contributed by atoms with van der Waals surface area (Å²) < 4.78 is 0. The highest BCUT2D eigenvalue weighted by molar-refractivity contribution is 5.98. The van der Waals surface area contributed by atoms with Crippen LogP contribution in [0.1, 0.15) is 20.3 Å². The molecule has 0 radical (unpaired) electrons. The number of carbonyl (C=O) groups excluding carboxylic acids is 1. The van der Waals surface area contributed by atoms with Crippen molar-refractivity contribution in [3.63, 3.8) is 0 Å². The van der Waals surface area contributed by atoms with E-state index in [9.17, 15) is 4.79 Å². The molecule has 38 heavy (non-hydrogen) atoms. The van der Waals surface area contributed by atoms with Crippen LogP contribution in [0.25, 0.3) is 44.6 Å². The smallest absolute Gasteiger partial charge is 0.224 e. The molecule has 0 unspecified atom stereocenters. The average Bonchev–Trinajstić information content (AvgIpc) is 3.52. The molecular formula is C28H31N9O. The zero-order chi connectivity index (χ0) is 26.2.